The number of aryl methyl sites for hydroxylation is 1. The summed E-state index contributed by atoms with van der Waals surface area (Å²) in [5, 5.41) is 5.45. The number of rotatable bonds is 2. The second-order valence-corrected chi connectivity index (χ2v) is 5.17. The van der Waals surface area contributed by atoms with Crippen molar-refractivity contribution in [3.8, 4) is 11.3 Å². The third-order valence-electron chi connectivity index (χ3n) is 2.49. The van der Waals surface area contributed by atoms with Crippen LogP contribution in [-0.4, -0.2) is 9.78 Å². The summed E-state index contributed by atoms with van der Waals surface area (Å²) in [6.07, 6.45) is 0. The highest BCUT2D eigenvalue weighted by Gasteiger charge is 2.14. The van der Waals surface area contributed by atoms with Crippen LogP contribution in [0.3, 0.4) is 0 Å². The average Bonchev–Trinajstić information content (AvgIpc) is 2.58. The van der Waals surface area contributed by atoms with E-state index in [1.54, 1.807) is 16.8 Å². The van der Waals surface area contributed by atoms with Gasteiger partial charge >= 0.3 is 0 Å². The van der Waals surface area contributed by atoms with E-state index < -0.39 is 0 Å². The first-order valence-electron chi connectivity index (χ1n) is 4.91. The third-order valence-corrected chi connectivity index (χ3v) is 4.06. The molecular weight excluding hydrogens is 325 g/mol. The predicted octanol–water partition coefficient (Wildman–Crippen LogP) is 3.62. The Kier molecular flexibility index (Phi) is 3.78. The van der Waals surface area contributed by atoms with Crippen LogP contribution < -0.4 is 5.73 Å². The molecule has 1 aromatic heterocycles. The van der Waals surface area contributed by atoms with Crippen molar-refractivity contribution in [3.63, 3.8) is 0 Å². The Hall–Kier alpha value is -0.550. The molecule has 0 radical (unpaired) electrons. The van der Waals surface area contributed by atoms with E-state index in [2.05, 4.69) is 21.0 Å². The molecule has 0 unspecified atom stereocenters. The molecule has 0 amide bonds. The number of halogens is 3. The van der Waals surface area contributed by atoms with Gasteiger partial charge in [-0.05, 0) is 28.1 Å². The second kappa shape index (κ2) is 4.98. The van der Waals surface area contributed by atoms with Gasteiger partial charge in [-0.25, -0.2) is 0 Å². The summed E-state index contributed by atoms with van der Waals surface area (Å²) in [4.78, 5) is 0. The molecule has 0 saturated heterocycles. The molecule has 2 rings (SSSR count). The molecule has 0 aliphatic rings. The fourth-order valence-corrected chi connectivity index (χ4v) is 2.61. The molecule has 17 heavy (non-hydrogen) atoms. The highest BCUT2D eigenvalue weighted by molar-refractivity contribution is 9.10. The van der Waals surface area contributed by atoms with Gasteiger partial charge in [0, 0.05) is 19.2 Å². The second-order valence-electron chi connectivity index (χ2n) is 3.57. The number of aromatic nitrogens is 2. The van der Waals surface area contributed by atoms with Gasteiger partial charge in [0.25, 0.3) is 0 Å². The summed E-state index contributed by atoms with van der Waals surface area (Å²) in [7, 11) is 1.86. The lowest BCUT2D eigenvalue weighted by Crippen LogP contribution is -2.04. The third kappa shape index (κ3) is 2.36. The van der Waals surface area contributed by atoms with Crippen LogP contribution in [0.4, 0.5) is 0 Å². The number of hydrogen-bond acceptors (Lipinski definition) is 2. The van der Waals surface area contributed by atoms with Crippen LogP contribution in [0, 0.1) is 0 Å². The maximum Gasteiger partial charge on any atom is 0.107 e. The lowest BCUT2D eigenvalue weighted by molar-refractivity contribution is 0.713. The fraction of sp³-hybridized carbons (Fsp3) is 0.182. The van der Waals surface area contributed by atoms with Crippen LogP contribution in [0.2, 0.25) is 10.0 Å². The molecule has 2 N–H and O–H groups in total. The summed E-state index contributed by atoms with van der Waals surface area (Å²) in [5.41, 5.74) is 8.31. The van der Waals surface area contributed by atoms with Crippen molar-refractivity contribution in [1.82, 2.24) is 9.78 Å². The Morgan fingerprint density at radius 3 is 2.59 bits per heavy atom. The van der Waals surface area contributed by atoms with Gasteiger partial charge < -0.3 is 5.73 Å². The molecule has 0 aliphatic carbocycles. The van der Waals surface area contributed by atoms with Crippen molar-refractivity contribution in [2.45, 2.75) is 6.54 Å². The average molecular weight is 335 g/mol. The van der Waals surface area contributed by atoms with Gasteiger partial charge in [0.2, 0.25) is 0 Å². The van der Waals surface area contributed by atoms with Gasteiger partial charge in [-0.3, -0.25) is 4.68 Å². The number of nitrogens with two attached hydrogens (primary N) is 1. The SMILES string of the molecule is Cn1nc(-c2ccc(Cl)c(Cl)c2)c(Br)c1CN. The smallest absolute Gasteiger partial charge is 0.107 e. The van der Waals surface area contributed by atoms with E-state index in [0.717, 1.165) is 21.4 Å². The van der Waals surface area contributed by atoms with E-state index in [-0.39, 0.29) is 0 Å². The molecule has 1 heterocycles. The van der Waals surface area contributed by atoms with Crippen LogP contribution >= 0.6 is 39.1 Å². The summed E-state index contributed by atoms with van der Waals surface area (Å²) in [6.45, 7) is 0.422. The van der Waals surface area contributed by atoms with Crippen LogP contribution in [0.5, 0.6) is 0 Å². The Morgan fingerprint density at radius 2 is 2.06 bits per heavy atom. The molecule has 90 valence electrons. The van der Waals surface area contributed by atoms with Gasteiger partial charge in [-0.1, -0.05) is 29.3 Å². The zero-order valence-corrected chi connectivity index (χ0v) is 12.1. The topological polar surface area (TPSA) is 43.8 Å². The summed E-state index contributed by atoms with van der Waals surface area (Å²) in [6, 6.07) is 5.42. The molecule has 6 heteroatoms. The van der Waals surface area contributed by atoms with Crippen molar-refractivity contribution in [3.05, 3.63) is 38.4 Å². The molecule has 2 aromatic rings. The van der Waals surface area contributed by atoms with Crippen molar-refractivity contribution < 1.29 is 0 Å². The highest BCUT2D eigenvalue weighted by Crippen LogP contribution is 2.33. The van der Waals surface area contributed by atoms with E-state index in [1.807, 2.05) is 13.1 Å². The van der Waals surface area contributed by atoms with Crippen molar-refractivity contribution >= 4 is 39.1 Å². The molecule has 0 saturated carbocycles. The lowest BCUT2D eigenvalue weighted by Gasteiger charge is -2.00. The van der Waals surface area contributed by atoms with Gasteiger partial charge in [0.15, 0.2) is 0 Å². The van der Waals surface area contributed by atoms with Crippen LogP contribution in [-0.2, 0) is 13.6 Å². The lowest BCUT2D eigenvalue weighted by atomic mass is 10.1. The molecule has 3 nitrogen and oxygen atoms in total. The Morgan fingerprint density at radius 1 is 1.35 bits per heavy atom. The van der Waals surface area contributed by atoms with E-state index >= 15 is 0 Å². The molecule has 0 spiro atoms. The van der Waals surface area contributed by atoms with Gasteiger partial charge in [0.1, 0.15) is 5.69 Å². The first-order chi connectivity index (χ1) is 8.04. The summed E-state index contributed by atoms with van der Waals surface area (Å²) >= 11 is 15.4. The molecule has 1 aromatic carbocycles. The normalized spacial score (nSPS) is 10.9. The van der Waals surface area contributed by atoms with Crippen molar-refractivity contribution in [2.75, 3.05) is 0 Å². The molecule has 0 aliphatic heterocycles. The van der Waals surface area contributed by atoms with E-state index in [4.69, 9.17) is 28.9 Å². The Bertz CT molecular complexity index is 566. The number of benzene rings is 1. The van der Waals surface area contributed by atoms with Gasteiger partial charge in [-0.2, -0.15) is 5.10 Å². The van der Waals surface area contributed by atoms with Gasteiger partial charge in [0.05, 0.1) is 20.2 Å². The van der Waals surface area contributed by atoms with Gasteiger partial charge in [-0.15, -0.1) is 0 Å². The first kappa shape index (κ1) is 12.9. The minimum absolute atomic E-state index is 0.422. The molecule has 0 fully saturated rings. The van der Waals surface area contributed by atoms with Crippen LogP contribution in [0.15, 0.2) is 22.7 Å². The molecule has 0 bridgehead atoms. The summed E-state index contributed by atoms with van der Waals surface area (Å²) in [5.74, 6) is 0. The maximum atomic E-state index is 5.99. The summed E-state index contributed by atoms with van der Waals surface area (Å²) < 4.78 is 2.64. The van der Waals surface area contributed by atoms with Crippen LogP contribution in [0.1, 0.15) is 5.69 Å². The highest BCUT2D eigenvalue weighted by atomic mass is 79.9. The first-order valence-corrected chi connectivity index (χ1v) is 6.46. The number of hydrogen-bond donors (Lipinski definition) is 1. The van der Waals surface area contributed by atoms with E-state index in [9.17, 15) is 0 Å². The number of nitrogens with zero attached hydrogens (tertiary/aromatic N) is 2. The standard InChI is InChI=1S/C11H10BrCl2N3/c1-17-9(5-15)10(12)11(16-17)6-2-3-7(13)8(14)4-6/h2-4H,5,15H2,1H3. The zero-order chi connectivity index (χ0) is 12.6. The Labute approximate surface area is 118 Å². The largest absolute Gasteiger partial charge is 0.325 e. The van der Waals surface area contributed by atoms with Crippen LogP contribution in [0.25, 0.3) is 11.3 Å². The zero-order valence-electron chi connectivity index (χ0n) is 9.04. The van der Waals surface area contributed by atoms with Crippen molar-refractivity contribution in [1.29, 1.82) is 0 Å². The molecule has 0 atom stereocenters. The Balaban J connectivity index is 2.57. The predicted molar refractivity (Wildman–Crippen MR) is 74.3 cm³/mol. The van der Waals surface area contributed by atoms with E-state index in [1.165, 1.54) is 0 Å². The fourth-order valence-electron chi connectivity index (χ4n) is 1.58. The molecular formula is C11H10BrCl2N3. The minimum Gasteiger partial charge on any atom is -0.325 e. The quantitative estimate of drug-likeness (QED) is 0.911. The van der Waals surface area contributed by atoms with Crippen molar-refractivity contribution in [2.24, 2.45) is 12.8 Å². The minimum atomic E-state index is 0.422. The maximum absolute atomic E-state index is 5.99. The monoisotopic (exact) mass is 333 g/mol. The van der Waals surface area contributed by atoms with E-state index in [0.29, 0.717) is 16.6 Å².